The zero-order valence-corrected chi connectivity index (χ0v) is 16.9. The predicted molar refractivity (Wildman–Crippen MR) is 104 cm³/mol. The second-order valence-corrected chi connectivity index (χ2v) is 8.28. The van der Waals surface area contributed by atoms with Crippen molar-refractivity contribution in [2.45, 2.75) is 38.7 Å². The molecule has 1 aliphatic heterocycles. The number of aromatic nitrogens is 3. The highest BCUT2D eigenvalue weighted by Crippen LogP contribution is 2.31. The Hall–Kier alpha value is -2.69. The van der Waals surface area contributed by atoms with Gasteiger partial charge in [0.15, 0.2) is 15.5 Å². The van der Waals surface area contributed by atoms with Gasteiger partial charge in [-0.25, -0.2) is 19.6 Å². The summed E-state index contributed by atoms with van der Waals surface area (Å²) in [6.45, 7) is 4.94. The molecule has 2 aromatic rings. The Kier molecular flexibility index (Phi) is 5.82. The molecule has 0 saturated carbocycles. The minimum atomic E-state index is -0.765. The molecule has 3 amide bonds. The van der Waals surface area contributed by atoms with E-state index in [1.807, 2.05) is 13.8 Å². The number of piperidine rings is 1. The van der Waals surface area contributed by atoms with Gasteiger partial charge in [-0.3, -0.25) is 5.32 Å². The Morgan fingerprint density at radius 3 is 2.71 bits per heavy atom. The molecule has 0 radical (unpaired) electrons. The van der Waals surface area contributed by atoms with Crippen LogP contribution in [-0.4, -0.2) is 57.8 Å². The SMILES string of the molecule is COc1ncnc2sc(NC(=O)N3CCC(CC(C)(C)OC(N)=O)CC3)nc12. The molecular formula is C17H24N6O4S. The van der Waals surface area contributed by atoms with Crippen molar-refractivity contribution in [2.24, 2.45) is 11.7 Å². The summed E-state index contributed by atoms with van der Waals surface area (Å²) in [5, 5.41) is 3.28. The number of thiazole rings is 1. The lowest BCUT2D eigenvalue weighted by Gasteiger charge is -2.35. The summed E-state index contributed by atoms with van der Waals surface area (Å²) in [6.07, 6.45) is 3.01. The van der Waals surface area contributed by atoms with E-state index in [4.69, 9.17) is 15.2 Å². The van der Waals surface area contributed by atoms with Gasteiger partial charge in [0.2, 0.25) is 5.88 Å². The minimum absolute atomic E-state index is 0.197. The van der Waals surface area contributed by atoms with Crippen molar-refractivity contribution in [2.75, 3.05) is 25.5 Å². The van der Waals surface area contributed by atoms with E-state index in [2.05, 4.69) is 20.3 Å². The molecule has 3 heterocycles. The molecule has 0 aliphatic carbocycles. The summed E-state index contributed by atoms with van der Waals surface area (Å²) in [5.74, 6) is 0.740. The third-order valence-electron chi connectivity index (χ3n) is 4.63. The van der Waals surface area contributed by atoms with E-state index in [1.54, 1.807) is 4.90 Å². The average molecular weight is 408 g/mol. The Bertz CT molecular complexity index is 862. The number of rotatable bonds is 5. The van der Waals surface area contributed by atoms with Gasteiger partial charge in [-0.15, -0.1) is 0 Å². The summed E-state index contributed by atoms with van der Waals surface area (Å²) in [6, 6.07) is -0.197. The van der Waals surface area contributed by atoms with E-state index in [0.717, 1.165) is 12.8 Å². The van der Waals surface area contributed by atoms with Gasteiger partial charge in [0.05, 0.1) is 7.11 Å². The van der Waals surface area contributed by atoms with Crippen LogP contribution in [0.3, 0.4) is 0 Å². The van der Waals surface area contributed by atoms with Gasteiger partial charge in [0.25, 0.3) is 0 Å². The maximum absolute atomic E-state index is 12.6. The molecule has 1 saturated heterocycles. The molecular weight excluding hydrogens is 384 g/mol. The monoisotopic (exact) mass is 408 g/mol. The molecule has 28 heavy (non-hydrogen) atoms. The molecule has 152 valence electrons. The number of primary amides is 1. The quantitative estimate of drug-likeness (QED) is 0.777. The first-order valence-corrected chi connectivity index (χ1v) is 9.79. The van der Waals surface area contributed by atoms with Crippen molar-refractivity contribution in [1.29, 1.82) is 0 Å². The molecule has 0 bridgehead atoms. The third-order valence-corrected chi connectivity index (χ3v) is 5.51. The third kappa shape index (κ3) is 4.77. The van der Waals surface area contributed by atoms with Crippen LogP contribution in [0.1, 0.15) is 33.1 Å². The number of fused-ring (bicyclic) bond motifs is 1. The zero-order valence-electron chi connectivity index (χ0n) is 16.1. The molecule has 0 spiro atoms. The van der Waals surface area contributed by atoms with Gasteiger partial charge < -0.3 is 20.1 Å². The van der Waals surface area contributed by atoms with Gasteiger partial charge in [0.1, 0.15) is 11.9 Å². The molecule has 3 rings (SSSR count). The zero-order chi connectivity index (χ0) is 20.3. The summed E-state index contributed by atoms with van der Waals surface area (Å²) in [7, 11) is 1.51. The first-order chi connectivity index (χ1) is 13.3. The molecule has 10 nitrogen and oxygen atoms in total. The van der Waals surface area contributed by atoms with Crippen molar-refractivity contribution in [3.8, 4) is 5.88 Å². The number of ether oxygens (including phenoxy) is 2. The lowest BCUT2D eigenvalue weighted by atomic mass is 9.86. The second-order valence-electron chi connectivity index (χ2n) is 7.30. The van der Waals surface area contributed by atoms with Crippen LogP contribution in [0, 0.1) is 5.92 Å². The predicted octanol–water partition coefficient (Wildman–Crippen LogP) is 2.60. The number of carbonyl (C=O) groups excluding carboxylic acids is 2. The number of likely N-dealkylation sites (tertiary alicyclic amines) is 1. The Balaban J connectivity index is 1.55. The number of nitrogens with zero attached hydrogens (tertiary/aromatic N) is 4. The molecule has 1 aliphatic rings. The second kappa shape index (κ2) is 8.13. The van der Waals surface area contributed by atoms with Crippen LogP contribution in [0.2, 0.25) is 0 Å². The van der Waals surface area contributed by atoms with Crippen molar-refractivity contribution in [3.05, 3.63) is 6.33 Å². The van der Waals surface area contributed by atoms with Crippen LogP contribution in [0.15, 0.2) is 6.33 Å². The number of methoxy groups -OCH3 is 1. The smallest absolute Gasteiger partial charge is 0.405 e. The van der Waals surface area contributed by atoms with E-state index in [9.17, 15) is 9.59 Å². The maximum atomic E-state index is 12.6. The number of amides is 3. The minimum Gasteiger partial charge on any atom is -0.479 e. The van der Waals surface area contributed by atoms with Crippen molar-refractivity contribution >= 4 is 38.9 Å². The van der Waals surface area contributed by atoms with Crippen molar-refractivity contribution in [1.82, 2.24) is 19.9 Å². The normalized spacial score (nSPS) is 15.5. The molecule has 3 N–H and O–H groups in total. The van der Waals surface area contributed by atoms with Gasteiger partial charge in [-0.05, 0) is 39.0 Å². The van der Waals surface area contributed by atoms with E-state index in [1.165, 1.54) is 24.8 Å². The van der Waals surface area contributed by atoms with E-state index >= 15 is 0 Å². The Morgan fingerprint density at radius 2 is 2.07 bits per heavy atom. The highest BCUT2D eigenvalue weighted by molar-refractivity contribution is 7.22. The van der Waals surface area contributed by atoms with E-state index in [-0.39, 0.29) is 6.03 Å². The van der Waals surface area contributed by atoms with Crippen molar-refractivity contribution < 1.29 is 19.1 Å². The maximum Gasteiger partial charge on any atom is 0.405 e. The molecule has 0 atom stereocenters. The van der Waals surface area contributed by atoms with E-state index in [0.29, 0.717) is 46.8 Å². The first-order valence-electron chi connectivity index (χ1n) is 8.97. The highest BCUT2D eigenvalue weighted by atomic mass is 32.1. The number of nitrogens with two attached hydrogens (primary N) is 1. The lowest BCUT2D eigenvalue weighted by molar-refractivity contribution is 0.0194. The fraction of sp³-hybridized carbons (Fsp3) is 0.588. The van der Waals surface area contributed by atoms with Crippen LogP contribution in [0.4, 0.5) is 14.7 Å². The van der Waals surface area contributed by atoms with Gasteiger partial charge >= 0.3 is 12.1 Å². The van der Waals surface area contributed by atoms with Crippen LogP contribution >= 0.6 is 11.3 Å². The molecule has 1 fully saturated rings. The summed E-state index contributed by atoms with van der Waals surface area (Å²) >= 11 is 1.27. The number of carbonyl (C=O) groups is 2. The fourth-order valence-corrected chi connectivity index (χ4v) is 4.24. The standard InChI is InChI=1S/C17H24N6O4S/c1-17(2,27-14(18)24)8-10-4-6-23(7-5-10)16(25)22-15-21-11-12(26-3)19-9-20-13(11)28-15/h9-10H,4-8H2,1-3H3,(H2,18,24)(H,21,22,25). The number of urea groups is 1. The van der Waals surface area contributed by atoms with Crippen LogP contribution < -0.4 is 15.8 Å². The van der Waals surface area contributed by atoms with E-state index < -0.39 is 11.7 Å². The first kappa shape index (κ1) is 20.1. The number of hydrogen-bond acceptors (Lipinski definition) is 8. The summed E-state index contributed by atoms with van der Waals surface area (Å²) in [5.41, 5.74) is 5.04. The fourth-order valence-electron chi connectivity index (χ4n) is 3.46. The lowest BCUT2D eigenvalue weighted by Crippen LogP contribution is -2.43. The summed E-state index contributed by atoms with van der Waals surface area (Å²) in [4.78, 5) is 38.5. The molecule has 11 heteroatoms. The topological polar surface area (TPSA) is 133 Å². The summed E-state index contributed by atoms with van der Waals surface area (Å²) < 4.78 is 10.3. The van der Waals surface area contributed by atoms with Crippen molar-refractivity contribution in [3.63, 3.8) is 0 Å². The number of nitrogens with one attached hydrogen (secondary N) is 1. The average Bonchev–Trinajstić information content (AvgIpc) is 3.03. The molecule has 0 aromatic carbocycles. The number of anilines is 1. The van der Waals surface area contributed by atoms with Gasteiger partial charge in [-0.2, -0.15) is 4.98 Å². The Labute approximate surface area is 166 Å². The molecule has 2 aromatic heterocycles. The van der Waals surface area contributed by atoms with Gasteiger partial charge in [0, 0.05) is 13.1 Å². The van der Waals surface area contributed by atoms with Crippen LogP contribution in [-0.2, 0) is 4.74 Å². The van der Waals surface area contributed by atoms with Crippen LogP contribution in [0.25, 0.3) is 10.3 Å². The van der Waals surface area contributed by atoms with Gasteiger partial charge in [-0.1, -0.05) is 11.3 Å². The highest BCUT2D eigenvalue weighted by Gasteiger charge is 2.30. The Morgan fingerprint density at radius 1 is 1.36 bits per heavy atom. The number of hydrogen-bond donors (Lipinski definition) is 2. The van der Waals surface area contributed by atoms with Crippen LogP contribution in [0.5, 0.6) is 5.88 Å². The molecule has 0 unspecified atom stereocenters. The largest absolute Gasteiger partial charge is 0.479 e.